The smallest absolute Gasteiger partial charge is 0.423 e. The molecule has 1 atom stereocenters. The number of halogens is 6. The summed E-state index contributed by atoms with van der Waals surface area (Å²) >= 11 is 11.4. The van der Waals surface area contributed by atoms with Crippen LogP contribution in [0.5, 0.6) is 0 Å². The Hall–Kier alpha value is -1.81. The highest BCUT2D eigenvalue weighted by atomic mass is 35.5. The summed E-state index contributed by atoms with van der Waals surface area (Å²) in [5.41, 5.74) is -2.58. The van der Waals surface area contributed by atoms with Gasteiger partial charge in [-0.3, -0.25) is 0 Å². The second-order valence-electron chi connectivity index (χ2n) is 7.67. The van der Waals surface area contributed by atoms with Crippen LogP contribution in [0.1, 0.15) is 37.0 Å². The fraction of sp³-hybridized carbons (Fsp3) is 0.316. The summed E-state index contributed by atoms with van der Waals surface area (Å²) in [6.07, 6.45) is -5.56. The van der Waals surface area contributed by atoms with E-state index < -0.39 is 52.3 Å². The molecular formula is C19H14BCl2F4NO3. The Labute approximate surface area is 179 Å². The highest BCUT2D eigenvalue weighted by Gasteiger charge is 2.62. The second kappa shape index (κ2) is 6.85. The van der Waals surface area contributed by atoms with E-state index in [0.717, 1.165) is 12.1 Å². The van der Waals surface area contributed by atoms with Crippen molar-refractivity contribution in [1.29, 1.82) is 0 Å². The van der Waals surface area contributed by atoms with Crippen LogP contribution in [0.4, 0.5) is 17.6 Å². The predicted molar refractivity (Wildman–Crippen MR) is 105 cm³/mol. The molecule has 4 rings (SSSR count). The van der Waals surface area contributed by atoms with Crippen LogP contribution in [-0.4, -0.2) is 24.0 Å². The Balaban J connectivity index is 1.76. The number of nitrogens with zero attached hydrogens (tertiary/aromatic N) is 1. The standard InChI is InChI=1S/C19H14BCl2F4NO3/c1-17(2)11-5-9(3-4-12(11)20(28)29-17)15-8-18(30-27-15,19(24,25)26)10-6-13(21)16(23)14(22)7-10/h3-7,28H,8H2,1-2H3/t18-/m0/s1. The lowest BCUT2D eigenvalue weighted by Gasteiger charge is -2.29. The third-order valence-corrected chi connectivity index (χ3v) is 5.89. The van der Waals surface area contributed by atoms with Crippen molar-refractivity contribution in [3.05, 3.63) is 62.9 Å². The van der Waals surface area contributed by atoms with Crippen LogP contribution in [-0.2, 0) is 20.7 Å². The van der Waals surface area contributed by atoms with Gasteiger partial charge in [0.05, 0.1) is 21.4 Å². The molecule has 158 valence electrons. The Morgan fingerprint density at radius 2 is 1.77 bits per heavy atom. The molecule has 2 aliphatic rings. The van der Waals surface area contributed by atoms with Gasteiger partial charge in [-0.15, -0.1) is 0 Å². The van der Waals surface area contributed by atoms with E-state index in [9.17, 15) is 22.6 Å². The molecule has 4 nitrogen and oxygen atoms in total. The fourth-order valence-corrected chi connectivity index (χ4v) is 4.21. The van der Waals surface area contributed by atoms with Gasteiger partial charge in [-0.1, -0.05) is 40.5 Å². The third kappa shape index (κ3) is 3.19. The number of alkyl halides is 3. The molecule has 1 N–H and O–H groups in total. The lowest BCUT2D eigenvalue weighted by Crippen LogP contribution is -2.42. The molecule has 0 fully saturated rings. The molecule has 0 aliphatic carbocycles. The molecule has 30 heavy (non-hydrogen) atoms. The summed E-state index contributed by atoms with van der Waals surface area (Å²) in [6, 6.07) is 6.40. The second-order valence-corrected chi connectivity index (χ2v) is 8.48. The Morgan fingerprint density at radius 3 is 2.37 bits per heavy atom. The van der Waals surface area contributed by atoms with E-state index in [1.165, 1.54) is 6.07 Å². The number of rotatable bonds is 2. The molecular weight excluding hydrogens is 448 g/mol. The van der Waals surface area contributed by atoms with E-state index >= 15 is 0 Å². The molecule has 11 heteroatoms. The molecule has 2 aliphatic heterocycles. The largest absolute Gasteiger partial charge is 0.492 e. The molecule has 2 aromatic rings. The Bertz CT molecular complexity index is 1050. The average molecular weight is 462 g/mol. The molecule has 0 unspecified atom stereocenters. The van der Waals surface area contributed by atoms with Gasteiger partial charge in [0.15, 0.2) is 5.82 Å². The van der Waals surface area contributed by atoms with E-state index in [2.05, 4.69) is 5.16 Å². The van der Waals surface area contributed by atoms with Crippen LogP contribution in [0, 0.1) is 5.82 Å². The minimum Gasteiger partial charge on any atom is -0.423 e. The van der Waals surface area contributed by atoms with Gasteiger partial charge in [0.2, 0.25) is 0 Å². The van der Waals surface area contributed by atoms with Gasteiger partial charge < -0.3 is 14.5 Å². The summed E-state index contributed by atoms with van der Waals surface area (Å²) in [5.74, 6) is -1.02. The zero-order valence-electron chi connectivity index (χ0n) is 15.6. The summed E-state index contributed by atoms with van der Waals surface area (Å²) in [4.78, 5) is 4.94. The highest BCUT2D eigenvalue weighted by Crippen LogP contribution is 2.50. The molecule has 0 spiro atoms. The first kappa shape index (κ1) is 21.4. The van der Waals surface area contributed by atoms with Gasteiger partial charge >= 0.3 is 13.3 Å². The quantitative estimate of drug-likeness (QED) is 0.401. The van der Waals surface area contributed by atoms with Crippen LogP contribution in [0.25, 0.3) is 0 Å². The maximum absolute atomic E-state index is 14.1. The SMILES string of the molecule is CC1(C)OB(O)c2ccc(C3=NO[C@@](c4cc(Cl)c(F)c(Cl)c4)(C(F)(F)F)C3)cc21. The minimum atomic E-state index is -4.89. The van der Waals surface area contributed by atoms with Crippen molar-refractivity contribution in [3.63, 3.8) is 0 Å². The zero-order valence-corrected chi connectivity index (χ0v) is 17.2. The Morgan fingerprint density at radius 1 is 1.13 bits per heavy atom. The normalized spacial score (nSPS) is 22.7. The van der Waals surface area contributed by atoms with Crippen molar-refractivity contribution in [1.82, 2.24) is 0 Å². The van der Waals surface area contributed by atoms with E-state index in [4.69, 9.17) is 32.7 Å². The van der Waals surface area contributed by atoms with Crippen LogP contribution < -0.4 is 5.46 Å². The van der Waals surface area contributed by atoms with Gasteiger partial charge in [0, 0.05) is 12.0 Å². The number of hydrogen-bond donors (Lipinski definition) is 1. The fourth-order valence-electron chi connectivity index (χ4n) is 3.73. The molecule has 0 saturated carbocycles. The average Bonchev–Trinajstić information content (AvgIpc) is 3.20. The number of benzene rings is 2. The highest BCUT2D eigenvalue weighted by molar-refractivity contribution is 6.62. The first-order valence-corrected chi connectivity index (χ1v) is 9.59. The Kier molecular flexibility index (Phi) is 4.89. The van der Waals surface area contributed by atoms with Gasteiger partial charge in [-0.25, -0.2) is 4.39 Å². The molecule has 0 radical (unpaired) electrons. The van der Waals surface area contributed by atoms with Crippen molar-refractivity contribution in [2.75, 3.05) is 0 Å². The predicted octanol–water partition coefficient (Wildman–Crippen LogP) is 4.67. The van der Waals surface area contributed by atoms with Crippen LogP contribution in [0.2, 0.25) is 10.0 Å². The van der Waals surface area contributed by atoms with Crippen LogP contribution in [0.3, 0.4) is 0 Å². The topological polar surface area (TPSA) is 51.0 Å². The first-order valence-electron chi connectivity index (χ1n) is 8.83. The number of hydrogen-bond acceptors (Lipinski definition) is 4. The van der Waals surface area contributed by atoms with Crippen molar-refractivity contribution in [3.8, 4) is 0 Å². The molecule has 0 amide bonds. The maximum Gasteiger partial charge on any atom is 0.492 e. The van der Waals surface area contributed by atoms with Crippen molar-refractivity contribution < 1.29 is 32.1 Å². The van der Waals surface area contributed by atoms with Gasteiger partial charge in [-0.05, 0) is 48.6 Å². The zero-order chi connectivity index (χ0) is 22.1. The molecule has 0 saturated heterocycles. The molecule has 2 heterocycles. The van der Waals surface area contributed by atoms with Gasteiger partial charge in [0.1, 0.15) is 0 Å². The summed E-state index contributed by atoms with van der Waals surface area (Å²) in [5, 5.41) is 12.6. The van der Waals surface area contributed by atoms with E-state index in [0.29, 0.717) is 16.6 Å². The molecule has 0 bridgehead atoms. The number of oxime groups is 1. The maximum atomic E-state index is 14.1. The molecule has 0 aromatic heterocycles. The summed E-state index contributed by atoms with van der Waals surface area (Å²) < 4.78 is 61.6. The van der Waals surface area contributed by atoms with E-state index in [1.807, 2.05) is 0 Å². The first-order chi connectivity index (χ1) is 13.9. The summed E-state index contributed by atoms with van der Waals surface area (Å²) in [6.45, 7) is 3.47. The minimum absolute atomic E-state index is 0.0314. The lowest BCUT2D eigenvalue weighted by atomic mass is 9.77. The van der Waals surface area contributed by atoms with Crippen LogP contribution >= 0.6 is 23.2 Å². The number of fused-ring (bicyclic) bond motifs is 1. The van der Waals surface area contributed by atoms with Crippen molar-refractivity contribution in [2.45, 2.75) is 37.6 Å². The lowest BCUT2D eigenvalue weighted by molar-refractivity contribution is -0.275. The van der Waals surface area contributed by atoms with Crippen molar-refractivity contribution in [2.24, 2.45) is 5.16 Å². The van der Waals surface area contributed by atoms with Crippen LogP contribution in [0.15, 0.2) is 35.5 Å². The summed E-state index contributed by atoms with van der Waals surface area (Å²) in [7, 11) is -1.12. The van der Waals surface area contributed by atoms with E-state index in [-0.39, 0.29) is 5.71 Å². The molecule has 2 aromatic carbocycles. The van der Waals surface area contributed by atoms with E-state index in [1.54, 1.807) is 26.0 Å². The third-order valence-electron chi connectivity index (χ3n) is 5.34. The monoisotopic (exact) mass is 461 g/mol. The van der Waals surface area contributed by atoms with Crippen molar-refractivity contribution >= 4 is 41.5 Å². The van der Waals surface area contributed by atoms with Gasteiger partial charge in [-0.2, -0.15) is 13.2 Å². The van der Waals surface area contributed by atoms with Gasteiger partial charge in [0.25, 0.3) is 5.60 Å².